The summed E-state index contributed by atoms with van der Waals surface area (Å²) in [5, 5.41) is 10.2. The summed E-state index contributed by atoms with van der Waals surface area (Å²) in [4.78, 5) is 24.9. The fourth-order valence-electron chi connectivity index (χ4n) is 5.17. The third-order valence-corrected chi connectivity index (χ3v) is 7.85. The molecule has 31 heavy (non-hydrogen) atoms. The Balaban J connectivity index is 1.76. The number of carbonyl (C=O) groups is 2. The van der Waals surface area contributed by atoms with Crippen LogP contribution in [0.25, 0.3) is 0 Å². The number of aliphatic hydroxyl groups excluding tert-OH is 1. The molecule has 0 amide bonds. The average molecular weight is 433 g/mol. The standard InChI is InChI=1S/C26H40O5/c1-7-26(5,6)25(29)31-22-13-15(2)12-18-9-8-16(3)20(23(18)22)11-10-19-14-21(27)17(4)24(28)30-19/h8-9,12,15-17,19-23,27H,7,10-11,13-14H2,1-6H3/t15-,16-,17+,19+,20-,21+,22-,23-/m0/s1. The fraction of sp³-hybridized carbons (Fsp3) is 0.769. The van der Waals surface area contributed by atoms with Gasteiger partial charge in [0.2, 0.25) is 0 Å². The van der Waals surface area contributed by atoms with Gasteiger partial charge in [0, 0.05) is 12.3 Å². The highest BCUT2D eigenvalue weighted by molar-refractivity contribution is 5.76. The molecule has 8 atom stereocenters. The zero-order valence-electron chi connectivity index (χ0n) is 20.0. The van der Waals surface area contributed by atoms with Crippen molar-refractivity contribution in [3.8, 4) is 0 Å². The second-order valence-corrected chi connectivity index (χ2v) is 10.7. The third kappa shape index (κ3) is 5.24. The monoisotopic (exact) mass is 432 g/mol. The number of cyclic esters (lactones) is 1. The van der Waals surface area contributed by atoms with Crippen LogP contribution in [0.2, 0.25) is 0 Å². The van der Waals surface area contributed by atoms with Gasteiger partial charge in [0.1, 0.15) is 12.2 Å². The van der Waals surface area contributed by atoms with Crippen LogP contribution in [0.1, 0.15) is 73.6 Å². The molecule has 5 nitrogen and oxygen atoms in total. The number of aliphatic hydroxyl groups is 1. The van der Waals surface area contributed by atoms with Crippen molar-refractivity contribution in [2.75, 3.05) is 0 Å². The summed E-state index contributed by atoms with van der Waals surface area (Å²) < 4.78 is 11.7. The highest BCUT2D eigenvalue weighted by atomic mass is 16.6. The molecule has 5 heteroatoms. The molecule has 3 aliphatic rings. The second-order valence-electron chi connectivity index (χ2n) is 10.7. The molecule has 1 aliphatic heterocycles. The summed E-state index contributed by atoms with van der Waals surface area (Å²) in [5.41, 5.74) is 0.780. The first-order valence-electron chi connectivity index (χ1n) is 12.0. The maximum atomic E-state index is 12.9. The van der Waals surface area contributed by atoms with E-state index < -0.39 is 17.4 Å². The van der Waals surface area contributed by atoms with Crippen LogP contribution >= 0.6 is 0 Å². The van der Waals surface area contributed by atoms with Crippen molar-refractivity contribution in [1.29, 1.82) is 0 Å². The van der Waals surface area contributed by atoms with E-state index in [1.54, 1.807) is 6.92 Å². The molecule has 1 N–H and O–H groups in total. The van der Waals surface area contributed by atoms with Crippen LogP contribution in [-0.2, 0) is 19.1 Å². The van der Waals surface area contributed by atoms with Gasteiger partial charge in [0.15, 0.2) is 0 Å². The van der Waals surface area contributed by atoms with Crippen LogP contribution in [0.3, 0.4) is 0 Å². The molecule has 174 valence electrons. The Hall–Kier alpha value is -1.62. The normalized spacial score (nSPS) is 38.2. The van der Waals surface area contributed by atoms with Crippen molar-refractivity contribution in [1.82, 2.24) is 0 Å². The molecule has 0 aromatic heterocycles. The number of allylic oxidation sites excluding steroid dienone is 3. The van der Waals surface area contributed by atoms with Gasteiger partial charge in [-0.15, -0.1) is 0 Å². The Morgan fingerprint density at radius 2 is 1.94 bits per heavy atom. The molecule has 0 unspecified atom stereocenters. The van der Waals surface area contributed by atoms with E-state index in [1.807, 2.05) is 20.8 Å². The molecule has 0 aromatic carbocycles. The third-order valence-electron chi connectivity index (χ3n) is 7.85. The Labute approximate surface area is 187 Å². The van der Waals surface area contributed by atoms with E-state index in [-0.39, 0.29) is 30.1 Å². The molecule has 0 spiro atoms. The minimum Gasteiger partial charge on any atom is -0.462 e. The van der Waals surface area contributed by atoms with Crippen LogP contribution in [0.5, 0.6) is 0 Å². The summed E-state index contributed by atoms with van der Waals surface area (Å²) in [6.45, 7) is 12.0. The summed E-state index contributed by atoms with van der Waals surface area (Å²) in [6.07, 6.45) is 9.44. The lowest BCUT2D eigenvalue weighted by Gasteiger charge is -2.44. The number of hydrogen-bond acceptors (Lipinski definition) is 5. The Kier molecular flexibility index (Phi) is 7.35. The first-order chi connectivity index (χ1) is 14.5. The Morgan fingerprint density at radius 3 is 2.58 bits per heavy atom. The molecule has 2 aliphatic carbocycles. The predicted octanol–water partition coefficient (Wildman–Crippen LogP) is 4.83. The highest BCUT2D eigenvalue weighted by Crippen LogP contribution is 2.45. The number of rotatable bonds is 6. The molecule has 1 heterocycles. The topological polar surface area (TPSA) is 72.8 Å². The molecule has 1 fully saturated rings. The van der Waals surface area contributed by atoms with E-state index in [0.717, 1.165) is 25.7 Å². The number of carbonyl (C=O) groups excluding carboxylic acids is 2. The summed E-state index contributed by atoms with van der Waals surface area (Å²) >= 11 is 0. The highest BCUT2D eigenvalue weighted by Gasteiger charge is 2.43. The molecule has 0 aromatic rings. The SMILES string of the molecule is CCC(C)(C)C(=O)O[C@H]1C[C@@H](C)C=C2C=C[C@H](C)[C@H](CC[C@@H]3C[C@@H](O)[C@@H](C)C(=O)O3)[C@H]21. The van der Waals surface area contributed by atoms with Gasteiger partial charge in [-0.3, -0.25) is 9.59 Å². The molecular formula is C26H40O5. The van der Waals surface area contributed by atoms with Crippen molar-refractivity contribution >= 4 is 11.9 Å². The van der Waals surface area contributed by atoms with Crippen molar-refractivity contribution < 1.29 is 24.2 Å². The molecule has 0 saturated carbocycles. The summed E-state index contributed by atoms with van der Waals surface area (Å²) in [7, 11) is 0. The van der Waals surface area contributed by atoms with Crippen LogP contribution in [-0.4, -0.2) is 35.4 Å². The second kappa shape index (κ2) is 9.48. The van der Waals surface area contributed by atoms with Crippen LogP contribution < -0.4 is 0 Å². The van der Waals surface area contributed by atoms with Gasteiger partial charge < -0.3 is 14.6 Å². The van der Waals surface area contributed by atoms with Gasteiger partial charge in [0.25, 0.3) is 0 Å². The van der Waals surface area contributed by atoms with Gasteiger partial charge >= 0.3 is 11.9 Å². The van der Waals surface area contributed by atoms with E-state index in [1.165, 1.54) is 5.57 Å². The van der Waals surface area contributed by atoms with Crippen molar-refractivity contribution in [2.45, 2.75) is 92.0 Å². The first kappa shape index (κ1) is 24.0. The lowest BCUT2D eigenvalue weighted by molar-refractivity contribution is -0.170. The number of fused-ring (bicyclic) bond motifs is 1. The predicted molar refractivity (Wildman–Crippen MR) is 120 cm³/mol. The lowest BCUT2D eigenvalue weighted by atomic mass is 9.65. The van der Waals surface area contributed by atoms with E-state index in [2.05, 4.69) is 32.1 Å². The van der Waals surface area contributed by atoms with Crippen LogP contribution in [0.15, 0.2) is 23.8 Å². The van der Waals surface area contributed by atoms with Gasteiger partial charge in [-0.1, -0.05) is 39.0 Å². The molecule has 1 saturated heterocycles. The first-order valence-corrected chi connectivity index (χ1v) is 12.0. The van der Waals surface area contributed by atoms with Gasteiger partial charge in [-0.2, -0.15) is 0 Å². The van der Waals surface area contributed by atoms with E-state index in [9.17, 15) is 14.7 Å². The molecule has 0 radical (unpaired) electrons. The molecular weight excluding hydrogens is 392 g/mol. The van der Waals surface area contributed by atoms with E-state index in [0.29, 0.717) is 24.2 Å². The van der Waals surface area contributed by atoms with Crippen molar-refractivity contribution in [2.24, 2.45) is 35.0 Å². The van der Waals surface area contributed by atoms with Crippen LogP contribution in [0, 0.1) is 35.0 Å². The largest absolute Gasteiger partial charge is 0.462 e. The number of hydrogen-bond donors (Lipinski definition) is 1. The summed E-state index contributed by atoms with van der Waals surface area (Å²) in [5.74, 6) is 0.307. The maximum Gasteiger partial charge on any atom is 0.311 e. The van der Waals surface area contributed by atoms with E-state index >= 15 is 0 Å². The van der Waals surface area contributed by atoms with Crippen molar-refractivity contribution in [3.63, 3.8) is 0 Å². The zero-order chi connectivity index (χ0) is 22.9. The fourth-order valence-corrected chi connectivity index (χ4v) is 5.17. The minimum absolute atomic E-state index is 0.118. The van der Waals surface area contributed by atoms with Gasteiger partial charge in [0.05, 0.1) is 17.4 Å². The van der Waals surface area contributed by atoms with Crippen LogP contribution in [0.4, 0.5) is 0 Å². The van der Waals surface area contributed by atoms with E-state index in [4.69, 9.17) is 9.47 Å². The summed E-state index contributed by atoms with van der Waals surface area (Å²) in [6, 6.07) is 0. The van der Waals surface area contributed by atoms with Gasteiger partial charge in [-0.05, 0) is 69.8 Å². The zero-order valence-corrected chi connectivity index (χ0v) is 20.0. The smallest absolute Gasteiger partial charge is 0.311 e. The Bertz CT molecular complexity index is 736. The Morgan fingerprint density at radius 1 is 1.23 bits per heavy atom. The lowest BCUT2D eigenvalue weighted by Crippen LogP contribution is -2.43. The maximum absolute atomic E-state index is 12.9. The molecule has 0 bridgehead atoms. The molecule has 3 rings (SSSR count). The quantitative estimate of drug-likeness (QED) is 0.609. The number of esters is 2. The minimum atomic E-state index is -0.633. The number of ether oxygens (including phenoxy) is 2. The van der Waals surface area contributed by atoms with Gasteiger partial charge in [-0.25, -0.2) is 0 Å². The average Bonchev–Trinajstić information content (AvgIpc) is 2.71. The van der Waals surface area contributed by atoms with Crippen molar-refractivity contribution in [3.05, 3.63) is 23.8 Å².